The average Bonchev–Trinajstić information content (AvgIpc) is 2.25. The lowest BCUT2D eigenvalue weighted by Gasteiger charge is -2.32. The Kier molecular flexibility index (Phi) is 4.68. The van der Waals surface area contributed by atoms with Gasteiger partial charge >= 0.3 is 5.97 Å². The van der Waals surface area contributed by atoms with Crippen LogP contribution in [0.2, 0.25) is 0 Å². The Hall–Kier alpha value is -0.970. The van der Waals surface area contributed by atoms with E-state index in [1.165, 1.54) is 6.42 Å². The van der Waals surface area contributed by atoms with E-state index in [4.69, 9.17) is 5.11 Å². The molecule has 1 aliphatic carbocycles. The summed E-state index contributed by atoms with van der Waals surface area (Å²) in [4.78, 5) is 11.1. The van der Waals surface area contributed by atoms with Crippen molar-refractivity contribution in [2.75, 3.05) is 0 Å². The van der Waals surface area contributed by atoms with Gasteiger partial charge in [0.15, 0.2) is 0 Å². The van der Waals surface area contributed by atoms with Crippen LogP contribution >= 0.6 is 0 Å². The number of carbonyl (C=O) groups is 1. The molecule has 2 heteroatoms. The second-order valence-corrected chi connectivity index (χ2v) is 4.42. The highest BCUT2D eigenvalue weighted by Crippen LogP contribution is 2.37. The van der Waals surface area contributed by atoms with Crippen LogP contribution in [0.25, 0.3) is 0 Å². The van der Waals surface area contributed by atoms with Crippen molar-refractivity contribution < 1.29 is 9.90 Å². The maximum absolute atomic E-state index is 11.1. The molecule has 0 aromatic rings. The smallest absolute Gasteiger partial charge is 0.306 e. The highest BCUT2D eigenvalue weighted by Gasteiger charge is 2.33. The monoisotopic (exact) mass is 208 g/mol. The van der Waals surface area contributed by atoms with Crippen molar-refractivity contribution in [3.05, 3.63) is 0 Å². The molecule has 0 heterocycles. The summed E-state index contributed by atoms with van der Waals surface area (Å²) in [5, 5.41) is 9.12. The Morgan fingerprint density at radius 3 is 2.73 bits per heavy atom. The van der Waals surface area contributed by atoms with Crippen molar-refractivity contribution in [3.8, 4) is 11.8 Å². The molecule has 1 fully saturated rings. The molecule has 0 radical (unpaired) electrons. The lowest BCUT2D eigenvalue weighted by molar-refractivity contribution is -0.145. The minimum atomic E-state index is -0.632. The number of hydrogen-bond donors (Lipinski definition) is 1. The molecule has 1 saturated carbocycles. The Labute approximate surface area is 92.1 Å². The van der Waals surface area contributed by atoms with E-state index < -0.39 is 5.97 Å². The summed E-state index contributed by atoms with van der Waals surface area (Å²) in [5.41, 5.74) is 0. The van der Waals surface area contributed by atoms with Crippen LogP contribution in [-0.4, -0.2) is 11.1 Å². The molecule has 0 bridgehead atoms. The van der Waals surface area contributed by atoms with Gasteiger partial charge in [0.05, 0.1) is 5.92 Å². The van der Waals surface area contributed by atoms with Crippen LogP contribution in [0.15, 0.2) is 0 Å². The van der Waals surface area contributed by atoms with Crippen molar-refractivity contribution >= 4 is 5.97 Å². The Morgan fingerprint density at radius 1 is 1.47 bits per heavy atom. The molecule has 0 aromatic heterocycles. The summed E-state index contributed by atoms with van der Waals surface area (Å²) in [6, 6.07) is 0. The average molecular weight is 208 g/mol. The number of hydrogen-bond acceptors (Lipinski definition) is 1. The first-order valence-corrected chi connectivity index (χ1v) is 5.81. The maximum Gasteiger partial charge on any atom is 0.306 e. The molecule has 0 spiro atoms. The number of rotatable bonds is 3. The van der Waals surface area contributed by atoms with Gasteiger partial charge in [0, 0.05) is 6.42 Å². The van der Waals surface area contributed by atoms with Gasteiger partial charge in [-0.3, -0.25) is 4.79 Å². The first-order valence-electron chi connectivity index (χ1n) is 5.81. The quantitative estimate of drug-likeness (QED) is 0.724. The zero-order chi connectivity index (χ0) is 11.3. The van der Waals surface area contributed by atoms with E-state index >= 15 is 0 Å². The molecule has 15 heavy (non-hydrogen) atoms. The third kappa shape index (κ3) is 3.27. The topological polar surface area (TPSA) is 37.3 Å². The van der Waals surface area contributed by atoms with Gasteiger partial charge < -0.3 is 5.11 Å². The fourth-order valence-electron chi connectivity index (χ4n) is 2.52. The van der Waals surface area contributed by atoms with Gasteiger partial charge in [-0.25, -0.2) is 0 Å². The van der Waals surface area contributed by atoms with Crippen molar-refractivity contribution in [2.45, 2.75) is 46.0 Å². The standard InChI is InChI=1S/C13H20O2/c1-3-5-6-11-9-10(4-2)7-8-12(11)13(14)15/h10-12H,4,6-9H2,1-2H3,(H,14,15). The molecular weight excluding hydrogens is 188 g/mol. The molecule has 1 aliphatic rings. The predicted molar refractivity (Wildman–Crippen MR) is 60.3 cm³/mol. The molecule has 0 amide bonds. The van der Waals surface area contributed by atoms with Crippen molar-refractivity contribution in [2.24, 2.45) is 17.8 Å². The van der Waals surface area contributed by atoms with Crippen LogP contribution in [0, 0.1) is 29.6 Å². The number of aliphatic carboxylic acids is 1. The summed E-state index contributed by atoms with van der Waals surface area (Å²) in [7, 11) is 0. The van der Waals surface area contributed by atoms with Gasteiger partial charge in [0.1, 0.15) is 0 Å². The normalized spacial score (nSPS) is 30.4. The zero-order valence-corrected chi connectivity index (χ0v) is 9.62. The Bertz CT molecular complexity index is 272. The van der Waals surface area contributed by atoms with Crippen LogP contribution in [0.3, 0.4) is 0 Å². The van der Waals surface area contributed by atoms with Gasteiger partial charge in [-0.15, -0.1) is 11.8 Å². The van der Waals surface area contributed by atoms with Gasteiger partial charge in [-0.2, -0.15) is 0 Å². The summed E-state index contributed by atoms with van der Waals surface area (Å²) in [5.74, 6) is 6.09. The molecule has 1 N–H and O–H groups in total. The number of carboxylic acids is 1. The van der Waals surface area contributed by atoms with Crippen LogP contribution in [0.1, 0.15) is 46.0 Å². The summed E-state index contributed by atoms with van der Waals surface area (Å²) in [6.07, 6.45) is 4.88. The van der Waals surface area contributed by atoms with E-state index in [0.29, 0.717) is 5.92 Å². The molecular formula is C13H20O2. The molecule has 2 nitrogen and oxygen atoms in total. The third-order valence-corrected chi connectivity index (χ3v) is 3.53. The zero-order valence-electron chi connectivity index (χ0n) is 9.62. The highest BCUT2D eigenvalue weighted by atomic mass is 16.4. The van der Waals surface area contributed by atoms with E-state index in [0.717, 1.165) is 25.7 Å². The maximum atomic E-state index is 11.1. The second-order valence-electron chi connectivity index (χ2n) is 4.42. The first-order chi connectivity index (χ1) is 7.19. The third-order valence-electron chi connectivity index (χ3n) is 3.53. The van der Waals surface area contributed by atoms with Gasteiger partial charge in [0.25, 0.3) is 0 Å². The minimum absolute atomic E-state index is 0.159. The lowest BCUT2D eigenvalue weighted by atomic mass is 9.72. The van der Waals surface area contributed by atoms with Gasteiger partial charge in [0.2, 0.25) is 0 Å². The van der Waals surface area contributed by atoms with Crippen LogP contribution < -0.4 is 0 Å². The van der Waals surface area contributed by atoms with E-state index in [2.05, 4.69) is 18.8 Å². The fraction of sp³-hybridized carbons (Fsp3) is 0.769. The fourth-order valence-corrected chi connectivity index (χ4v) is 2.52. The lowest BCUT2D eigenvalue weighted by Crippen LogP contribution is -2.30. The van der Waals surface area contributed by atoms with Crippen LogP contribution in [0.4, 0.5) is 0 Å². The van der Waals surface area contributed by atoms with E-state index in [9.17, 15) is 4.79 Å². The Balaban J connectivity index is 2.62. The first kappa shape index (κ1) is 12.1. The molecule has 0 aliphatic heterocycles. The summed E-state index contributed by atoms with van der Waals surface area (Å²) >= 11 is 0. The van der Waals surface area contributed by atoms with Crippen LogP contribution in [0.5, 0.6) is 0 Å². The highest BCUT2D eigenvalue weighted by molar-refractivity contribution is 5.70. The summed E-state index contributed by atoms with van der Waals surface area (Å²) in [6.45, 7) is 4.00. The van der Waals surface area contributed by atoms with Gasteiger partial charge in [-0.1, -0.05) is 13.3 Å². The SMILES string of the molecule is CC#CCC1CC(CC)CCC1C(=O)O. The molecule has 0 aromatic carbocycles. The molecule has 1 rings (SSSR count). The molecule has 3 atom stereocenters. The van der Waals surface area contributed by atoms with Gasteiger partial charge in [-0.05, 0) is 38.0 Å². The largest absolute Gasteiger partial charge is 0.481 e. The minimum Gasteiger partial charge on any atom is -0.481 e. The molecule has 3 unspecified atom stereocenters. The second kappa shape index (κ2) is 5.80. The van der Waals surface area contributed by atoms with E-state index in [-0.39, 0.29) is 11.8 Å². The molecule has 0 saturated heterocycles. The predicted octanol–water partition coefficient (Wildman–Crippen LogP) is 2.93. The van der Waals surface area contributed by atoms with Crippen LogP contribution in [-0.2, 0) is 4.79 Å². The van der Waals surface area contributed by atoms with Crippen molar-refractivity contribution in [1.29, 1.82) is 0 Å². The summed E-state index contributed by atoms with van der Waals surface area (Å²) < 4.78 is 0. The molecule has 84 valence electrons. The van der Waals surface area contributed by atoms with Crippen molar-refractivity contribution in [1.82, 2.24) is 0 Å². The van der Waals surface area contributed by atoms with E-state index in [1.54, 1.807) is 0 Å². The number of carboxylic acid groups (broad SMARTS) is 1. The van der Waals surface area contributed by atoms with E-state index in [1.807, 2.05) is 6.92 Å². The van der Waals surface area contributed by atoms with Crippen molar-refractivity contribution in [3.63, 3.8) is 0 Å². The Morgan fingerprint density at radius 2 is 2.20 bits per heavy atom.